The second-order valence-electron chi connectivity index (χ2n) is 6.70. The molecule has 0 aromatic heterocycles. The Labute approximate surface area is 153 Å². The molecule has 26 heavy (non-hydrogen) atoms. The van der Waals surface area contributed by atoms with Gasteiger partial charge in [-0.15, -0.1) is 0 Å². The minimum absolute atomic E-state index is 0.0341. The van der Waals surface area contributed by atoms with Crippen LogP contribution in [-0.4, -0.2) is 30.2 Å². The Morgan fingerprint density at radius 2 is 1.54 bits per heavy atom. The Morgan fingerprint density at radius 3 is 2.08 bits per heavy atom. The van der Waals surface area contributed by atoms with Gasteiger partial charge in [0.05, 0.1) is 6.61 Å². The molecule has 1 unspecified atom stereocenters. The highest BCUT2D eigenvalue weighted by molar-refractivity contribution is 5.91. The van der Waals surface area contributed by atoms with Gasteiger partial charge in [-0.05, 0) is 36.2 Å². The van der Waals surface area contributed by atoms with Crippen LogP contribution in [0.2, 0.25) is 0 Å². The van der Waals surface area contributed by atoms with Crippen LogP contribution in [0, 0.1) is 5.41 Å². The first-order valence-corrected chi connectivity index (χ1v) is 8.47. The second kappa shape index (κ2) is 9.01. The van der Waals surface area contributed by atoms with Gasteiger partial charge in [0.15, 0.2) is 0 Å². The fourth-order valence-corrected chi connectivity index (χ4v) is 2.57. The summed E-state index contributed by atoms with van der Waals surface area (Å²) in [5, 5.41) is 18.0. The topological polar surface area (TPSA) is 90.5 Å². The number of amides is 3. The molecule has 0 aliphatic rings. The van der Waals surface area contributed by atoms with Gasteiger partial charge in [-0.1, -0.05) is 37.3 Å². The first-order valence-electron chi connectivity index (χ1n) is 8.47. The van der Waals surface area contributed by atoms with Gasteiger partial charge in [0.1, 0.15) is 0 Å². The first-order chi connectivity index (χ1) is 12.4. The van der Waals surface area contributed by atoms with Crippen molar-refractivity contribution in [2.45, 2.75) is 20.3 Å². The van der Waals surface area contributed by atoms with Crippen molar-refractivity contribution in [1.29, 1.82) is 0 Å². The molecule has 6 nitrogen and oxygen atoms in total. The van der Waals surface area contributed by atoms with Crippen LogP contribution in [0.3, 0.4) is 0 Å². The monoisotopic (exact) mass is 355 g/mol. The fraction of sp³-hybridized carbons (Fsp3) is 0.300. The van der Waals surface area contributed by atoms with E-state index in [2.05, 4.69) is 16.0 Å². The average Bonchev–Trinajstić information content (AvgIpc) is 2.62. The zero-order valence-corrected chi connectivity index (χ0v) is 15.1. The van der Waals surface area contributed by atoms with Crippen molar-refractivity contribution in [2.75, 3.05) is 23.8 Å². The Kier molecular flexibility index (Phi) is 6.74. The first kappa shape index (κ1) is 19.5. The molecular formula is C20H25N3O3. The second-order valence-corrected chi connectivity index (χ2v) is 6.70. The van der Waals surface area contributed by atoms with E-state index in [0.29, 0.717) is 24.3 Å². The number of urea groups is 1. The number of carbonyl (C=O) groups excluding carboxylic acids is 2. The maximum absolute atomic E-state index is 12.1. The lowest BCUT2D eigenvalue weighted by atomic mass is 9.84. The number of aliphatic hydroxyl groups excluding tert-OH is 1. The van der Waals surface area contributed by atoms with Gasteiger partial charge in [-0.2, -0.15) is 0 Å². The summed E-state index contributed by atoms with van der Waals surface area (Å²) in [6.45, 7) is 3.68. The maximum Gasteiger partial charge on any atom is 0.319 e. The number of carbonyl (C=O) groups is 2. The highest BCUT2D eigenvalue weighted by Crippen LogP contribution is 2.21. The minimum atomic E-state index is -0.450. The van der Waals surface area contributed by atoms with Crippen molar-refractivity contribution in [2.24, 2.45) is 5.41 Å². The molecule has 0 fully saturated rings. The molecule has 0 aliphatic heterocycles. The van der Waals surface area contributed by atoms with Crippen molar-refractivity contribution in [3.63, 3.8) is 0 Å². The molecule has 0 saturated carbocycles. The zero-order valence-electron chi connectivity index (χ0n) is 15.1. The van der Waals surface area contributed by atoms with Crippen LogP contribution in [0.25, 0.3) is 0 Å². The Balaban J connectivity index is 1.87. The summed E-state index contributed by atoms with van der Waals surface area (Å²) in [7, 11) is 0. The number of rotatable bonds is 7. The molecule has 0 saturated heterocycles. The van der Waals surface area contributed by atoms with E-state index in [1.165, 1.54) is 6.92 Å². The Bertz CT molecular complexity index is 732. The summed E-state index contributed by atoms with van der Waals surface area (Å²) >= 11 is 0. The smallest absolute Gasteiger partial charge is 0.319 e. The van der Waals surface area contributed by atoms with Gasteiger partial charge in [0.25, 0.3) is 0 Å². The highest BCUT2D eigenvalue weighted by Gasteiger charge is 2.24. The van der Waals surface area contributed by atoms with Gasteiger partial charge in [0, 0.05) is 30.3 Å². The van der Waals surface area contributed by atoms with E-state index in [0.717, 1.165) is 5.56 Å². The van der Waals surface area contributed by atoms with Crippen LogP contribution >= 0.6 is 0 Å². The molecule has 0 aliphatic carbocycles. The Hall–Kier alpha value is -2.86. The van der Waals surface area contributed by atoms with Crippen molar-refractivity contribution < 1.29 is 14.7 Å². The zero-order chi connectivity index (χ0) is 19.0. The standard InChI is InChI=1S/C20H25N3O3/c1-15(25)22-17-8-10-18(11-9-17)23-19(26)21-13-20(2,14-24)12-16-6-4-3-5-7-16/h3-11,24H,12-14H2,1-2H3,(H,22,25)(H2,21,23,26). The lowest BCUT2D eigenvalue weighted by molar-refractivity contribution is -0.114. The van der Waals surface area contributed by atoms with E-state index in [-0.39, 0.29) is 18.5 Å². The van der Waals surface area contributed by atoms with E-state index in [1.54, 1.807) is 24.3 Å². The summed E-state index contributed by atoms with van der Waals surface area (Å²) in [6, 6.07) is 16.4. The number of anilines is 2. The van der Waals surface area contributed by atoms with Gasteiger partial charge >= 0.3 is 6.03 Å². The predicted octanol–water partition coefficient (Wildman–Crippen LogP) is 3.01. The van der Waals surface area contributed by atoms with Crippen LogP contribution < -0.4 is 16.0 Å². The largest absolute Gasteiger partial charge is 0.396 e. The van der Waals surface area contributed by atoms with E-state index < -0.39 is 5.41 Å². The molecule has 1 atom stereocenters. The van der Waals surface area contributed by atoms with Crippen LogP contribution in [-0.2, 0) is 11.2 Å². The number of hydrogen-bond donors (Lipinski definition) is 4. The molecule has 2 rings (SSSR count). The molecule has 138 valence electrons. The van der Waals surface area contributed by atoms with E-state index in [9.17, 15) is 14.7 Å². The van der Waals surface area contributed by atoms with Crippen LogP contribution in [0.1, 0.15) is 19.4 Å². The van der Waals surface area contributed by atoms with E-state index >= 15 is 0 Å². The minimum Gasteiger partial charge on any atom is -0.396 e. The van der Waals surface area contributed by atoms with Gasteiger partial charge < -0.3 is 21.1 Å². The van der Waals surface area contributed by atoms with Gasteiger partial charge in [0.2, 0.25) is 5.91 Å². The van der Waals surface area contributed by atoms with Crippen molar-refractivity contribution in [3.05, 3.63) is 60.2 Å². The maximum atomic E-state index is 12.1. The van der Waals surface area contributed by atoms with Crippen LogP contribution in [0.15, 0.2) is 54.6 Å². The third kappa shape index (κ3) is 6.22. The summed E-state index contributed by atoms with van der Waals surface area (Å²) in [5.41, 5.74) is 1.94. The molecule has 0 radical (unpaired) electrons. The van der Waals surface area contributed by atoms with Crippen molar-refractivity contribution in [3.8, 4) is 0 Å². The molecular weight excluding hydrogens is 330 g/mol. The summed E-state index contributed by atoms with van der Waals surface area (Å²) in [6.07, 6.45) is 0.663. The molecule has 0 heterocycles. The lowest BCUT2D eigenvalue weighted by Gasteiger charge is -2.27. The SMILES string of the molecule is CC(=O)Nc1ccc(NC(=O)NCC(C)(CO)Cc2ccccc2)cc1. The highest BCUT2D eigenvalue weighted by atomic mass is 16.3. The summed E-state index contributed by atoms with van der Waals surface area (Å²) < 4.78 is 0. The number of nitrogens with one attached hydrogen (secondary N) is 3. The van der Waals surface area contributed by atoms with Crippen molar-refractivity contribution in [1.82, 2.24) is 5.32 Å². The third-order valence-corrected chi connectivity index (χ3v) is 3.99. The van der Waals surface area contributed by atoms with E-state index in [1.807, 2.05) is 37.3 Å². The molecule has 0 bridgehead atoms. The van der Waals surface area contributed by atoms with Crippen LogP contribution in [0.4, 0.5) is 16.2 Å². The summed E-state index contributed by atoms with van der Waals surface area (Å²) in [4.78, 5) is 23.1. The van der Waals surface area contributed by atoms with Crippen molar-refractivity contribution >= 4 is 23.3 Å². The number of aliphatic hydroxyl groups is 1. The van der Waals surface area contributed by atoms with Gasteiger partial charge in [-0.3, -0.25) is 4.79 Å². The molecule has 0 spiro atoms. The van der Waals surface area contributed by atoms with Gasteiger partial charge in [-0.25, -0.2) is 4.79 Å². The normalized spacial score (nSPS) is 12.7. The third-order valence-electron chi connectivity index (χ3n) is 3.99. The number of hydrogen-bond acceptors (Lipinski definition) is 3. The average molecular weight is 355 g/mol. The molecule has 4 N–H and O–H groups in total. The molecule has 2 aromatic rings. The van der Waals surface area contributed by atoms with Crippen LogP contribution in [0.5, 0.6) is 0 Å². The molecule has 2 aromatic carbocycles. The predicted molar refractivity (Wildman–Crippen MR) is 103 cm³/mol. The fourth-order valence-electron chi connectivity index (χ4n) is 2.57. The Morgan fingerprint density at radius 1 is 0.962 bits per heavy atom. The molecule has 3 amide bonds. The van der Waals surface area contributed by atoms with E-state index in [4.69, 9.17) is 0 Å². The quantitative estimate of drug-likeness (QED) is 0.615. The lowest BCUT2D eigenvalue weighted by Crippen LogP contribution is -2.41. The number of benzene rings is 2. The molecule has 6 heteroatoms. The summed E-state index contributed by atoms with van der Waals surface area (Å²) in [5.74, 6) is -0.148.